The van der Waals surface area contributed by atoms with Crippen LogP contribution < -0.4 is 10.2 Å². The van der Waals surface area contributed by atoms with E-state index >= 15 is 0 Å². The lowest BCUT2D eigenvalue weighted by molar-refractivity contribution is 0.154. The summed E-state index contributed by atoms with van der Waals surface area (Å²) >= 11 is 0. The highest BCUT2D eigenvalue weighted by Crippen LogP contribution is 2.17. The molecule has 0 unspecified atom stereocenters. The van der Waals surface area contributed by atoms with Gasteiger partial charge in [-0.3, -0.25) is 4.90 Å². The molecule has 2 heterocycles. The second-order valence-electron chi connectivity index (χ2n) is 5.99. The Morgan fingerprint density at radius 1 is 1.24 bits per heavy atom. The molecule has 1 aliphatic heterocycles. The fourth-order valence-electron chi connectivity index (χ4n) is 2.98. The number of aromatic nitrogens is 1. The van der Waals surface area contributed by atoms with Crippen molar-refractivity contribution in [3.05, 3.63) is 23.9 Å². The lowest BCUT2D eigenvalue weighted by atomic mass is 10.0. The van der Waals surface area contributed by atoms with Gasteiger partial charge < -0.3 is 10.2 Å². The molecule has 2 rings (SSSR count). The Balaban J connectivity index is 1.98. The van der Waals surface area contributed by atoms with Crippen molar-refractivity contribution in [2.45, 2.75) is 45.7 Å². The van der Waals surface area contributed by atoms with E-state index in [-0.39, 0.29) is 0 Å². The summed E-state index contributed by atoms with van der Waals surface area (Å²) in [5, 5.41) is 3.46. The maximum atomic E-state index is 4.59. The number of pyridine rings is 1. The minimum atomic E-state index is 0.726. The van der Waals surface area contributed by atoms with Crippen LogP contribution in [0, 0.1) is 0 Å². The first-order chi connectivity index (χ1) is 10.2. The van der Waals surface area contributed by atoms with E-state index in [1.807, 2.05) is 6.20 Å². The Morgan fingerprint density at radius 2 is 2.00 bits per heavy atom. The molecule has 118 valence electrons. The van der Waals surface area contributed by atoms with E-state index in [2.05, 4.69) is 53.1 Å². The molecule has 0 radical (unpaired) electrons. The van der Waals surface area contributed by atoms with Gasteiger partial charge in [0.2, 0.25) is 0 Å². The number of anilines is 1. The number of hydrogen-bond acceptors (Lipinski definition) is 4. The van der Waals surface area contributed by atoms with Crippen molar-refractivity contribution in [3.63, 3.8) is 0 Å². The van der Waals surface area contributed by atoms with E-state index in [4.69, 9.17) is 0 Å². The number of rotatable bonds is 7. The van der Waals surface area contributed by atoms with Crippen LogP contribution in [0.2, 0.25) is 0 Å². The molecule has 1 aromatic heterocycles. The molecule has 4 heteroatoms. The predicted octanol–water partition coefficient (Wildman–Crippen LogP) is 2.50. The molecule has 0 aromatic carbocycles. The molecule has 0 spiro atoms. The van der Waals surface area contributed by atoms with E-state index in [1.165, 1.54) is 31.4 Å². The maximum absolute atomic E-state index is 4.59. The van der Waals surface area contributed by atoms with E-state index in [9.17, 15) is 0 Å². The summed E-state index contributed by atoms with van der Waals surface area (Å²) in [6.07, 6.45) is 5.80. The first-order valence-corrected chi connectivity index (χ1v) is 8.35. The summed E-state index contributed by atoms with van der Waals surface area (Å²) in [6.45, 7) is 9.93. The summed E-state index contributed by atoms with van der Waals surface area (Å²) < 4.78 is 0. The minimum absolute atomic E-state index is 0.726. The average Bonchev–Trinajstić information content (AvgIpc) is 2.55. The zero-order valence-corrected chi connectivity index (χ0v) is 13.8. The SMILES string of the molecule is CCCN(Cc1ccc(N(C)CC)nc1)C1CCNCC1. The largest absolute Gasteiger partial charge is 0.360 e. The highest BCUT2D eigenvalue weighted by Gasteiger charge is 2.20. The molecule has 1 N–H and O–H groups in total. The van der Waals surface area contributed by atoms with Crippen molar-refractivity contribution < 1.29 is 0 Å². The highest BCUT2D eigenvalue weighted by atomic mass is 15.2. The second kappa shape index (κ2) is 8.35. The summed E-state index contributed by atoms with van der Waals surface area (Å²) in [6, 6.07) is 5.10. The second-order valence-corrected chi connectivity index (χ2v) is 5.99. The predicted molar refractivity (Wildman–Crippen MR) is 89.8 cm³/mol. The van der Waals surface area contributed by atoms with Gasteiger partial charge >= 0.3 is 0 Å². The Labute approximate surface area is 129 Å². The molecule has 21 heavy (non-hydrogen) atoms. The molecule has 0 saturated carbocycles. The maximum Gasteiger partial charge on any atom is 0.128 e. The summed E-state index contributed by atoms with van der Waals surface area (Å²) in [5.41, 5.74) is 1.33. The number of nitrogens with one attached hydrogen (secondary N) is 1. The summed E-state index contributed by atoms with van der Waals surface area (Å²) in [5.74, 6) is 1.06. The van der Waals surface area contributed by atoms with Crippen molar-refractivity contribution in [3.8, 4) is 0 Å². The van der Waals surface area contributed by atoms with E-state index in [1.54, 1.807) is 0 Å². The van der Waals surface area contributed by atoms with Gasteiger partial charge in [0.15, 0.2) is 0 Å². The molecular weight excluding hydrogens is 260 g/mol. The molecule has 1 fully saturated rings. The van der Waals surface area contributed by atoms with Crippen LogP contribution in [-0.4, -0.2) is 49.2 Å². The Kier molecular flexibility index (Phi) is 6.46. The first-order valence-electron chi connectivity index (χ1n) is 8.35. The molecule has 1 aliphatic rings. The Morgan fingerprint density at radius 3 is 2.57 bits per heavy atom. The van der Waals surface area contributed by atoms with Crippen LogP contribution in [0.25, 0.3) is 0 Å². The van der Waals surface area contributed by atoms with Crippen LogP contribution >= 0.6 is 0 Å². The lowest BCUT2D eigenvalue weighted by Crippen LogP contribution is -2.43. The van der Waals surface area contributed by atoms with Crippen LogP contribution in [0.5, 0.6) is 0 Å². The Hall–Kier alpha value is -1.13. The third-order valence-electron chi connectivity index (χ3n) is 4.40. The molecule has 0 aliphatic carbocycles. The van der Waals surface area contributed by atoms with Crippen LogP contribution in [0.3, 0.4) is 0 Å². The number of piperidine rings is 1. The first kappa shape index (κ1) is 16.2. The topological polar surface area (TPSA) is 31.4 Å². The fourth-order valence-corrected chi connectivity index (χ4v) is 2.98. The van der Waals surface area contributed by atoms with Gasteiger partial charge in [0.25, 0.3) is 0 Å². The molecule has 4 nitrogen and oxygen atoms in total. The monoisotopic (exact) mass is 290 g/mol. The van der Waals surface area contributed by atoms with E-state index in [0.29, 0.717) is 0 Å². The van der Waals surface area contributed by atoms with Crippen LogP contribution in [0.15, 0.2) is 18.3 Å². The van der Waals surface area contributed by atoms with Crippen molar-refractivity contribution in [2.24, 2.45) is 0 Å². The van der Waals surface area contributed by atoms with Gasteiger partial charge in [-0.15, -0.1) is 0 Å². The van der Waals surface area contributed by atoms with Gasteiger partial charge in [0.1, 0.15) is 5.82 Å². The standard InChI is InChI=1S/C17H30N4/c1-4-12-21(16-8-10-18-11-9-16)14-15-6-7-17(19-13-15)20(3)5-2/h6-7,13,16,18H,4-5,8-12,14H2,1-3H3. The number of nitrogens with zero attached hydrogens (tertiary/aromatic N) is 3. The quantitative estimate of drug-likeness (QED) is 0.836. The van der Waals surface area contributed by atoms with Gasteiger partial charge in [-0.25, -0.2) is 4.98 Å². The van der Waals surface area contributed by atoms with Crippen LogP contribution in [0.1, 0.15) is 38.7 Å². The number of hydrogen-bond donors (Lipinski definition) is 1. The molecule has 0 bridgehead atoms. The van der Waals surface area contributed by atoms with Crippen molar-refractivity contribution >= 4 is 5.82 Å². The zero-order valence-electron chi connectivity index (χ0n) is 13.8. The molecule has 1 aromatic rings. The molecule has 0 amide bonds. The van der Waals surface area contributed by atoms with Crippen LogP contribution in [0.4, 0.5) is 5.82 Å². The van der Waals surface area contributed by atoms with E-state index < -0.39 is 0 Å². The normalized spacial score (nSPS) is 16.4. The molecule has 0 atom stereocenters. The summed E-state index contributed by atoms with van der Waals surface area (Å²) in [7, 11) is 2.08. The van der Waals surface area contributed by atoms with Gasteiger partial charge in [-0.1, -0.05) is 13.0 Å². The highest BCUT2D eigenvalue weighted by molar-refractivity contribution is 5.37. The third kappa shape index (κ3) is 4.68. The summed E-state index contributed by atoms with van der Waals surface area (Å²) in [4.78, 5) is 9.40. The minimum Gasteiger partial charge on any atom is -0.360 e. The van der Waals surface area contributed by atoms with E-state index in [0.717, 1.165) is 38.0 Å². The van der Waals surface area contributed by atoms with Crippen molar-refractivity contribution in [1.29, 1.82) is 0 Å². The van der Waals surface area contributed by atoms with Crippen molar-refractivity contribution in [2.75, 3.05) is 38.1 Å². The average molecular weight is 290 g/mol. The van der Waals surface area contributed by atoms with Crippen molar-refractivity contribution in [1.82, 2.24) is 15.2 Å². The van der Waals surface area contributed by atoms with Crippen LogP contribution in [-0.2, 0) is 6.54 Å². The smallest absolute Gasteiger partial charge is 0.128 e. The zero-order chi connectivity index (χ0) is 15.1. The van der Waals surface area contributed by atoms with Gasteiger partial charge in [0, 0.05) is 32.4 Å². The molecular formula is C17H30N4. The van der Waals surface area contributed by atoms with Gasteiger partial charge in [0.05, 0.1) is 0 Å². The fraction of sp³-hybridized carbons (Fsp3) is 0.706. The van der Waals surface area contributed by atoms with Gasteiger partial charge in [-0.05, 0) is 57.5 Å². The van der Waals surface area contributed by atoms with Gasteiger partial charge in [-0.2, -0.15) is 0 Å². The lowest BCUT2D eigenvalue weighted by Gasteiger charge is -2.34. The third-order valence-corrected chi connectivity index (χ3v) is 4.40. The molecule has 1 saturated heterocycles. The Bertz CT molecular complexity index is 398.